The smallest absolute Gasteiger partial charge is 0.137 e. The molecule has 0 bridgehead atoms. The first kappa shape index (κ1) is 41.6. The standard InChI is InChI=1S/C68H52N2O/c1-41-25-29-52-54(33-41)55-39-58-53-32-28-47(69(43-17-9-7-10-18-43)45-26-30-50-48-21-13-15-23-59(48)67(3,4)61(50)36-45)38-64(53)71-65-35-42(2)34-57(66(58)65)56(55)40-63(52)70(44-19-11-8-12-20-44)46-27-31-51-49-22-14-16-24-60(49)68(5,6)62(51)37-46/h7-40H,1-6H3. The van der Waals surface area contributed by atoms with Gasteiger partial charge in [-0.05, 0) is 170 Å². The maximum absolute atomic E-state index is 7.17. The van der Waals surface area contributed by atoms with Crippen LogP contribution >= 0.6 is 0 Å². The number of rotatable bonds is 6. The number of fused-ring (bicyclic) bond motifs is 12. The second kappa shape index (κ2) is 15.1. The van der Waals surface area contributed by atoms with Crippen LogP contribution in [-0.4, -0.2) is 0 Å². The third kappa shape index (κ3) is 6.09. The Morgan fingerprint density at radius 2 is 0.803 bits per heavy atom. The van der Waals surface area contributed by atoms with Gasteiger partial charge in [-0.2, -0.15) is 0 Å². The number of nitrogens with zero attached hydrogens (tertiary/aromatic N) is 2. The monoisotopic (exact) mass is 912 g/mol. The predicted molar refractivity (Wildman–Crippen MR) is 298 cm³/mol. The molecular formula is C68H52N2O. The van der Waals surface area contributed by atoms with Gasteiger partial charge in [0.1, 0.15) is 11.5 Å². The van der Waals surface area contributed by atoms with E-state index in [-0.39, 0.29) is 10.8 Å². The first-order valence-electron chi connectivity index (χ1n) is 25.0. The zero-order valence-electron chi connectivity index (χ0n) is 40.9. The molecule has 0 atom stereocenters. The van der Waals surface area contributed by atoms with E-state index in [9.17, 15) is 0 Å². The minimum atomic E-state index is -0.135. The van der Waals surface area contributed by atoms with E-state index in [0.29, 0.717) is 0 Å². The number of anilines is 6. The van der Waals surface area contributed by atoms with Crippen LogP contribution < -0.4 is 14.5 Å². The van der Waals surface area contributed by atoms with Crippen molar-refractivity contribution < 1.29 is 4.74 Å². The number of para-hydroxylation sites is 2. The van der Waals surface area contributed by atoms with Gasteiger partial charge in [0.05, 0.1) is 5.69 Å². The average molecular weight is 913 g/mol. The maximum Gasteiger partial charge on any atom is 0.137 e. The van der Waals surface area contributed by atoms with Gasteiger partial charge in [0.15, 0.2) is 0 Å². The highest BCUT2D eigenvalue weighted by molar-refractivity contribution is 6.26. The summed E-state index contributed by atoms with van der Waals surface area (Å²) in [7, 11) is 0. The largest absolute Gasteiger partial charge is 0.456 e. The first-order chi connectivity index (χ1) is 34.5. The van der Waals surface area contributed by atoms with Crippen LogP contribution in [0.4, 0.5) is 34.1 Å². The normalized spacial score (nSPS) is 14.1. The minimum absolute atomic E-state index is 0.123. The lowest BCUT2D eigenvalue weighted by atomic mass is 9.82. The highest BCUT2D eigenvalue weighted by atomic mass is 16.5. The average Bonchev–Trinajstić information content (AvgIpc) is 3.76. The van der Waals surface area contributed by atoms with Gasteiger partial charge in [-0.1, -0.05) is 155 Å². The number of benzene rings is 11. The molecule has 14 rings (SSSR count). The van der Waals surface area contributed by atoms with Crippen molar-refractivity contribution in [2.75, 3.05) is 9.80 Å². The van der Waals surface area contributed by atoms with Crippen molar-refractivity contribution in [1.29, 1.82) is 0 Å². The summed E-state index contributed by atoms with van der Waals surface area (Å²) in [6, 6.07) is 76.7. The van der Waals surface area contributed by atoms with Crippen LogP contribution in [0.5, 0.6) is 11.5 Å². The molecule has 0 radical (unpaired) electrons. The van der Waals surface area contributed by atoms with E-state index < -0.39 is 0 Å². The lowest BCUT2D eigenvalue weighted by Crippen LogP contribution is -2.16. The van der Waals surface area contributed by atoms with E-state index >= 15 is 0 Å². The highest BCUT2D eigenvalue weighted by Crippen LogP contribution is 2.56. The van der Waals surface area contributed by atoms with Crippen molar-refractivity contribution in [2.45, 2.75) is 52.4 Å². The van der Waals surface area contributed by atoms with Gasteiger partial charge < -0.3 is 14.5 Å². The van der Waals surface area contributed by atoms with Crippen molar-refractivity contribution in [3.05, 3.63) is 240 Å². The van der Waals surface area contributed by atoms with Crippen LogP contribution in [0.25, 0.3) is 65.7 Å². The minimum Gasteiger partial charge on any atom is -0.456 e. The Bertz CT molecular complexity index is 4050. The topological polar surface area (TPSA) is 15.7 Å². The van der Waals surface area contributed by atoms with Crippen LogP contribution in [0.2, 0.25) is 0 Å². The molecule has 2 aliphatic carbocycles. The molecule has 0 unspecified atom stereocenters. The van der Waals surface area contributed by atoms with E-state index in [1.165, 1.54) is 82.6 Å². The first-order valence-corrected chi connectivity index (χ1v) is 25.0. The Morgan fingerprint density at radius 1 is 0.310 bits per heavy atom. The molecule has 3 heteroatoms. The number of hydrogen-bond acceptors (Lipinski definition) is 3. The molecule has 0 fully saturated rings. The summed E-state index contributed by atoms with van der Waals surface area (Å²) in [5.41, 5.74) is 21.8. The Labute approximate surface area is 415 Å². The zero-order chi connectivity index (χ0) is 47.9. The summed E-state index contributed by atoms with van der Waals surface area (Å²) < 4.78 is 7.17. The molecule has 340 valence electrons. The second-order valence-corrected chi connectivity index (χ2v) is 21.1. The Kier molecular flexibility index (Phi) is 8.81. The highest BCUT2D eigenvalue weighted by Gasteiger charge is 2.38. The maximum atomic E-state index is 7.17. The van der Waals surface area contributed by atoms with Crippen LogP contribution in [0, 0.1) is 13.8 Å². The quantitative estimate of drug-likeness (QED) is 0.155. The lowest BCUT2D eigenvalue weighted by molar-refractivity contribution is 0.487. The van der Waals surface area contributed by atoms with E-state index in [0.717, 1.165) is 62.1 Å². The van der Waals surface area contributed by atoms with Crippen LogP contribution in [-0.2, 0) is 10.8 Å². The fraction of sp³-hybridized carbons (Fsp3) is 0.118. The van der Waals surface area contributed by atoms with E-state index in [4.69, 9.17) is 4.74 Å². The zero-order valence-corrected chi connectivity index (χ0v) is 40.9. The molecule has 3 nitrogen and oxygen atoms in total. The van der Waals surface area contributed by atoms with Crippen molar-refractivity contribution in [1.82, 2.24) is 0 Å². The second-order valence-electron chi connectivity index (χ2n) is 21.1. The molecule has 0 saturated heterocycles. The Hall–Kier alpha value is -8.40. The molecule has 71 heavy (non-hydrogen) atoms. The van der Waals surface area contributed by atoms with Gasteiger partial charge in [0, 0.05) is 61.7 Å². The van der Waals surface area contributed by atoms with Crippen LogP contribution in [0.15, 0.2) is 206 Å². The number of ether oxygens (including phenoxy) is 1. The fourth-order valence-corrected chi connectivity index (χ4v) is 12.6. The van der Waals surface area contributed by atoms with Gasteiger partial charge in [-0.15, -0.1) is 0 Å². The summed E-state index contributed by atoms with van der Waals surface area (Å²) in [5, 5.41) is 7.21. The molecule has 1 heterocycles. The molecule has 0 N–H and O–H groups in total. The molecule has 11 aromatic carbocycles. The number of hydrogen-bond donors (Lipinski definition) is 0. The molecule has 0 spiro atoms. The van der Waals surface area contributed by atoms with E-state index in [1.807, 2.05) is 0 Å². The summed E-state index contributed by atoms with van der Waals surface area (Å²) in [5.74, 6) is 1.74. The third-order valence-corrected chi connectivity index (χ3v) is 16.1. The molecule has 3 aliphatic rings. The van der Waals surface area contributed by atoms with Crippen molar-refractivity contribution in [2.24, 2.45) is 0 Å². The Morgan fingerprint density at radius 3 is 1.44 bits per heavy atom. The SMILES string of the molecule is Cc1ccc2c(N(c3ccccc3)c3ccc4c(c3)C(C)(C)c3ccccc3-4)cc3c4cc(C)cc5c4c(cc3c2c1)-c1ccc(N(c2ccccc2)c2ccc3c(c2)C(C)(C)c2ccccc2-3)cc1O5. The van der Waals surface area contributed by atoms with Crippen molar-refractivity contribution in [3.63, 3.8) is 0 Å². The van der Waals surface area contributed by atoms with Crippen LogP contribution in [0.3, 0.4) is 0 Å². The molecule has 0 saturated carbocycles. The molecular weight excluding hydrogens is 861 g/mol. The van der Waals surface area contributed by atoms with Crippen molar-refractivity contribution >= 4 is 66.4 Å². The van der Waals surface area contributed by atoms with E-state index in [1.54, 1.807) is 0 Å². The summed E-state index contributed by atoms with van der Waals surface area (Å²) >= 11 is 0. The molecule has 11 aromatic rings. The molecule has 0 aromatic heterocycles. The summed E-state index contributed by atoms with van der Waals surface area (Å²) in [6.45, 7) is 13.8. The van der Waals surface area contributed by atoms with Crippen molar-refractivity contribution in [3.8, 4) is 44.9 Å². The fourth-order valence-electron chi connectivity index (χ4n) is 12.6. The van der Waals surface area contributed by atoms with Gasteiger partial charge >= 0.3 is 0 Å². The van der Waals surface area contributed by atoms with E-state index in [2.05, 4.69) is 258 Å². The van der Waals surface area contributed by atoms with Gasteiger partial charge in [0.25, 0.3) is 0 Å². The predicted octanol–water partition coefficient (Wildman–Crippen LogP) is 19.1. The van der Waals surface area contributed by atoms with Gasteiger partial charge in [-0.25, -0.2) is 0 Å². The summed E-state index contributed by atoms with van der Waals surface area (Å²) in [6.07, 6.45) is 0. The van der Waals surface area contributed by atoms with Gasteiger partial charge in [-0.3, -0.25) is 0 Å². The lowest BCUT2D eigenvalue weighted by Gasteiger charge is -2.31. The molecule has 1 aliphatic heterocycles. The van der Waals surface area contributed by atoms with Gasteiger partial charge in [0.2, 0.25) is 0 Å². The number of aryl methyl sites for hydroxylation is 2. The Balaban J connectivity index is 0.957. The van der Waals surface area contributed by atoms with Crippen LogP contribution in [0.1, 0.15) is 61.1 Å². The molecule has 0 amide bonds. The third-order valence-electron chi connectivity index (χ3n) is 16.1. The summed E-state index contributed by atoms with van der Waals surface area (Å²) in [4.78, 5) is 4.85.